The van der Waals surface area contributed by atoms with Crippen LogP contribution in [0.3, 0.4) is 0 Å². The molecular weight excluding hydrogens is 266 g/mol. The van der Waals surface area contributed by atoms with Crippen molar-refractivity contribution in [2.75, 3.05) is 0 Å². The Bertz CT molecular complexity index is 514. The van der Waals surface area contributed by atoms with Gasteiger partial charge in [0, 0.05) is 6.07 Å². The molecule has 2 rings (SSSR count). The van der Waals surface area contributed by atoms with Gasteiger partial charge in [0.25, 0.3) is 0 Å². The quantitative estimate of drug-likeness (QED) is 0.775. The first-order valence-corrected chi connectivity index (χ1v) is 5.44. The van der Waals surface area contributed by atoms with Crippen LogP contribution < -0.4 is 4.74 Å². The average Bonchev–Trinajstić information content (AvgIpc) is 2.28. The lowest BCUT2D eigenvalue weighted by Crippen LogP contribution is -1.93. The number of rotatable bonds is 2. The van der Waals surface area contributed by atoms with Crippen LogP contribution in [0.4, 0.5) is 4.39 Å². The second-order valence-electron chi connectivity index (χ2n) is 3.30. The summed E-state index contributed by atoms with van der Waals surface area (Å²) < 4.78 is 18.5. The van der Waals surface area contributed by atoms with E-state index in [0.29, 0.717) is 5.75 Å². The molecule has 17 heavy (non-hydrogen) atoms. The molecule has 6 heteroatoms. The van der Waals surface area contributed by atoms with Crippen molar-refractivity contribution in [2.45, 2.75) is 6.92 Å². The summed E-state index contributed by atoms with van der Waals surface area (Å²) in [5.41, 5.74) is 0.761. The Labute approximate surface area is 107 Å². The van der Waals surface area contributed by atoms with Gasteiger partial charge in [0.15, 0.2) is 0 Å². The fraction of sp³-hybridized carbons (Fsp3) is 0.0909. The van der Waals surface area contributed by atoms with Crippen LogP contribution in [0.15, 0.2) is 24.4 Å². The van der Waals surface area contributed by atoms with Crippen molar-refractivity contribution >= 4 is 23.2 Å². The van der Waals surface area contributed by atoms with Gasteiger partial charge in [-0.15, -0.1) is 0 Å². The summed E-state index contributed by atoms with van der Waals surface area (Å²) in [6.07, 6.45) is 1.32. The fourth-order valence-electron chi connectivity index (χ4n) is 1.19. The van der Waals surface area contributed by atoms with Crippen molar-refractivity contribution < 1.29 is 9.13 Å². The van der Waals surface area contributed by atoms with Crippen molar-refractivity contribution in [1.29, 1.82) is 0 Å². The number of nitrogens with zero attached hydrogens (tertiary/aromatic N) is 2. The Kier molecular flexibility index (Phi) is 3.45. The summed E-state index contributed by atoms with van der Waals surface area (Å²) in [4.78, 5) is 7.51. The summed E-state index contributed by atoms with van der Waals surface area (Å²) in [5.74, 6) is 0.0314. The number of aromatic nitrogens is 2. The Morgan fingerprint density at radius 3 is 2.82 bits per heavy atom. The van der Waals surface area contributed by atoms with Gasteiger partial charge in [-0.2, -0.15) is 4.98 Å². The van der Waals surface area contributed by atoms with E-state index in [1.54, 1.807) is 13.0 Å². The molecule has 1 aromatic carbocycles. The van der Waals surface area contributed by atoms with E-state index in [-0.39, 0.29) is 16.2 Å². The first kappa shape index (κ1) is 12.1. The molecule has 3 nitrogen and oxygen atoms in total. The summed E-state index contributed by atoms with van der Waals surface area (Å²) in [6, 6.07) is 4.19. The summed E-state index contributed by atoms with van der Waals surface area (Å²) in [6.45, 7) is 1.78. The van der Waals surface area contributed by atoms with Gasteiger partial charge in [-0.05, 0) is 30.2 Å². The average molecular weight is 273 g/mol. The summed E-state index contributed by atoms with van der Waals surface area (Å²) >= 11 is 11.5. The molecular formula is C11H7Cl2FN2O. The number of hydrogen-bond donors (Lipinski definition) is 0. The predicted octanol–water partition coefficient (Wildman–Crippen LogP) is 4.02. The minimum Gasteiger partial charge on any atom is -0.437 e. The molecule has 0 aliphatic heterocycles. The maximum atomic E-state index is 13.1. The lowest BCUT2D eigenvalue weighted by atomic mass is 10.2. The van der Waals surface area contributed by atoms with Crippen LogP contribution in [-0.2, 0) is 0 Å². The van der Waals surface area contributed by atoms with Gasteiger partial charge in [-0.25, -0.2) is 9.37 Å². The lowest BCUT2D eigenvalue weighted by Gasteiger charge is -2.08. The van der Waals surface area contributed by atoms with E-state index in [4.69, 9.17) is 27.9 Å². The van der Waals surface area contributed by atoms with Crippen molar-refractivity contribution in [3.8, 4) is 11.6 Å². The van der Waals surface area contributed by atoms with E-state index in [9.17, 15) is 4.39 Å². The first-order valence-electron chi connectivity index (χ1n) is 4.68. The smallest absolute Gasteiger partial charge is 0.242 e. The molecule has 0 N–H and O–H groups in total. The number of aryl methyl sites for hydroxylation is 1. The van der Waals surface area contributed by atoms with Gasteiger partial charge in [0.1, 0.15) is 16.6 Å². The molecule has 0 saturated heterocycles. The molecule has 0 radical (unpaired) electrons. The maximum absolute atomic E-state index is 13.1. The molecule has 1 aromatic heterocycles. The van der Waals surface area contributed by atoms with Crippen LogP contribution >= 0.6 is 23.2 Å². The van der Waals surface area contributed by atoms with Crippen LogP contribution in [0.5, 0.6) is 11.6 Å². The van der Waals surface area contributed by atoms with Gasteiger partial charge in [0.05, 0.1) is 6.20 Å². The van der Waals surface area contributed by atoms with Crippen molar-refractivity contribution in [3.63, 3.8) is 0 Å². The number of benzene rings is 1. The SMILES string of the molecule is Cc1ccc(F)cc1Oc1nc(Cl)ncc1Cl. The number of ether oxygens (including phenoxy) is 1. The molecule has 0 saturated carbocycles. The highest BCUT2D eigenvalue weighted by molar-refractivity contribution is 6.32. The Balaban J connectivity index is 2.37. The third-order valence-electron chi connectivity index (χ3n) is 2.04. The molecule has 0 bridgehead atoms. The maximum Gasteiger partial charge on any atom is 0.242 e. The van der Waals surface area contributed by atoms with Crippen LogP contribution in [0.2, 0.25) is 10.3 Å². The normalized spacial score (nSPS) is 10.4. The molecule has 0 atom stereocenters. The monoisotopic (exact) mass is 272 g/mol. The Morgan fingerprint density at radius 2 is 2.06 bits per heavy atom. The van der Waals surface area contributed by atoms with Gasteiger partial charge in [-0.1, -0.05) is 17.7 Å². The molecule has 0 aliphatic rings. The van der Waals surface area contributed by atoms with Crippen LogP contribution in [-0.4, -0.2) is 9.97 Å². The van der Waals surface area contributed by atoms with Gasteiger partial charge >= 0.3 is 0 Å². The zero-order valence-corrected chi connectivity index (χ0v) is 10.3. The second-order valence-corrected chi connectivity index (χ2v) is 4.05. The standard InChI is InChI=1S/C11H7Cl2FN2O/c1-6-2-3-7(14)4-9(6)17-10-8(12)5-15-11(13)16-10/h2-5H,1H3. The molecule has 0 aliphatic carbocycles. The second kappa shape index (κ2) is 4.85. The minimum absolute atomic E-state index is 0.0125. The topological polar surface area (TPSA) is 35.0 Å². The first-order chi connectivity index (χ1) is 8.06. The third-order valence-corrected chi connectivity index (χ3v) is 2.48. The number of halogens is 3. The Morgan fingerprint density at radius 1 is 1.29 bits per heavy atom. The summed E-state index contributed by atoms with van der Waals surface area (Å²) in [5, 5.41) is 0.219. The molecule has 2 aromatic rings. The van der Waals surface area contributed by atoms with Crippen LogP contribution in [0.25, 0.3) is 0 Å². The molecule has 0 fully saturated rings. The minimum atomic E-state index is -0.401. The van der Waals surface area contributed by atoms with Crippen LogP contribution in [0.1, 0.15) is 5.56 Å². The zero-order chi connectivity index (χ0) is 12.4. The van der Waals surface area contributed by atoms with Crippen molar-refractivity contribution in [1.82, 2.24) is 9.97 Å². The van der Waals surface area contributed by atoms with E-state index in [0.717, 1.165) is 5.56 Å². The van der Waals surface area contributed by atoms with Crippen LogP contribution in [0, 0.1) is 12.7 Å². The molecule has 0 amide bonds. The van der Waals surface area contributed by atoms with Gasteiger partial charge in [0.2, 0.25) is 11.2 Å². The third kappa shape index (κ3) is 2.84. The van der Waals surface area contributed by atoms with Gasteiger partial charge < -0.3 is 4.74 Å². The highest BCUT2D eigenvalue weighted by atomic mass is 35.5. The van der Waals surface area contributed by atoms with Crippen molar-refractivity contribution in [3.05, 3.63) is 46.1 Å². The predicted molar refractivity (Wildman–Crippen MR) is 63.3 cm³/mol. The van der Waals surface area contributed by atoms with E-state index in [1.165, 1.54) is 18.3 Å². The molecule has 1 heterocycles. The van der Waals surface area contributed by atoms with E-state index >= 15 is 0 Å². The van der Waals surface area contributed by atoms with E-state index in [1.807, 2.05) is 0 Å². The Hall–Kier alpha value is -1.39. The highest BCUT2D eigenvalue weighted by Gasteiger charge is 2.09. The fourth-order valence-corrected chi connectivity index (χ4v) is 1.45. The summed E-state index contributed by atoms with van der Waals surface area (Å²) in [7, 11) is 0. The zero-order valence-electron chi connectivity index (χ0n) is 8.75. The highest BCUT2D eigenvalue weighted by Crippen LogP contribution is 2.29. The molecule has 0 unspecified atom stereocenters. The number of hydrogen-bond acceptors (Lipinski definition) is 3. The molecule has 0 spiro atoms. The van der Waals surface area contributed by atoms with E-state index < -0.39 is 5.82 Å². The largest absolute Gasteiger partial charge is 0.437 e. The van der Waals surface area contributed by atoms with E-state index in [2.05, 4.69) is 9.97 Å². The lowest BCUT2D eigenvalue weighted by molar-refractivity contribution is 0.453. The van der Waals surface area contributed by atoms with Crippen molar-refractivity contribution in [2.24, 2.45) is 0 Å². The molecule has 88 valence electrons. The van der Waals surface area contributed by atoms with Gasteiger partial charge in [-0.3, -0.25) is 0 Å².